The zero-order chi connectivity index (χ0) is 12.3. The van der Waals surface area contributed by atoms with Gasteiger partial charge in [0.2, 0.25) is 0 Å². The summed E-state index contributed by atoms with van der Waals surface area (Å²) in [6.45, 7) is 7.59. The predicted octanol–water partition coefficient (Wildman–Crippen LogP) is 4.62. The third-order valence-electron chi connectivity index (χ3n) is 2.26. The lowest BCUT2D eigenvalue weighted by atomic mass is 10.3. The van der Waals surface area contributed by atoms with Crippen LogP contribution in [0.25, 0.3) is 10.2 Å². The van der Waals surface area contributed by atoms with Crippen LogP contribution in [-0.2, 0) is 0 Å². The molecule has 92 valence electrons. The fraction of sp³-hybridized carbons (Fsp3) is 0.462. The molecule has 0 saturated heterocycles. The van der Waals surface area contributed by atoms with Crippen molar-refractivity contribution < 1.29 is 0 Å². The first-order valence-corrected chi connectivity index (χ1v) is 7.69. The van der Waals surface area contributed by atoms with Gasteiger partial charge in [-0.3, -0.25) is 0 Å². The molecule has 0 atom stereocenters. The van der Waals surface area contributed by atoms with E-state index in [1.54, 1.807) is 11.3 Å². The van der Waals surface area contributed by atoms with Gasteiger partial charge in [-0.15, -0.1) is 11.8 Å². The quantitative estimate of drug-likeness (QED) is 0.799. The molecule has 0 spiro atoms. The SMILES string of the molecule is CCCNc1nc2ccc(SC(C)C)cc2s1. The fourth-order valence-electron chi connectivity index (χ4n) is 1.56. The second-order valence-corrected chi connectivity index (χ2v) is 6.92. The number of nitrogens with one attached hydrogen (secondary N) is 1. The second-order valence-electron chi connectivity index (χ2n) is 4.24. The van der Waals surface area contributed by atoms with Gasteiger partial charge in [-0.2, -0.15) is 0 Å². The van der Waals surface area contributed by atoms with Gasteiger partial charge in [0.1, 0.15) is 0 Å². The van der Waals surface area contributed by atoms with Crippen molar-refractivity contribution in [2.45, 2.75) is 37.3 Å². The van der Waals surface area contributed by atoms with E-state index in [-0.39, 0.29) is 0 Å². The van der Waals surface area contributed by atoms with E-state index in [9.17, 15) is 0 Å². The number of anilines is 1. The molecule has 0 amide bonds. The Kier molecular flexibility index (Phi) is 4.29. The number of benzene rings is 1. The Morgan fingerprint density at radius 3 is 2.94 bits per heavy atom. The highest BCUT2D eigenvalue weighted by molar-refractivity contribution is 7.99. The summed E-state index contributed by atoms with van der Waals surface area (Å²) in [7, 11) is 0. The number of thiazole rings is 1. The van der Waals surface area contributed by atoms with Crippen molar-refractivity contribution >= 4 is 38.4 Å². The average molecular weight is 266 g/mol. The van der Waals surface area contributed by atoms with Gasteiger partial charge in [-0.25, -0.2) is 4.98 Å². The Balaban J connectivity index is 2.21. The van der Waals surface area contributed by atoms with Crippen molar-refractivity contribution in [3.63, 3.8) is 0 Å². The Hall–Kier alpha value is -0.740. The number of thioether (sulfide) groups is 1. The van der Waals surface area contributed by atoms with Crippen molar-refractivity contribution in [2.75, 3.05) is 11.9 Å². The van der Waals surface area contributed by atoms with Crippen molar-refractivity contribution in [3.8, 4) is 0 Å². The number of fused-ring (bicyclic) bond motifs is 1. The van der Waals surface area contributed by atoms with Gasteiger partial charge in [-0.1, -0.05) is 32.1 Å². The van der Waals surface area contributed by atoms with Gasteiger partial charge in [0, 0.05) is 16.7 Å². The number of aromatic nitrogens is 1. The highest BCUT2D eigenvalue weighted by atomic mass is 32.2. The van der Waals surface area contributed by atoms with E-state index in [2.05, 4.69) is 49.3 Å². The van der Waals surface area contributed by atoms with Crippen molar-refractivity contribution in [3.05, 3.63) is 18.2 Å². The van der Waals surface area contributed by atoms with E-state index in [4.69, 9.17) is 0 Å². The van der Waals surface area contributed by atoms with E-state index >= 15 is 0 Å². The Morgan fingerprint density at radius 1 is 1.41 bits per heavy atom. The monoisotopic (exact) mass is 266 g/mol. The summed E-state index contributed by atoms with van der Waals surface area (Å²) in [4.78, 5) is 5.90. The summed E-state index contributed by atoms with van der Waals surface area (Å²) in [6, 6.07) is 6.53. The molecule has 0 radical (unpaired) electrons. The minimum absolute atomic E-state index is 0.623. The molecular weight excluding hydrogens is 248 g/mol. The first-order chi connectivity index (χ1) is 8.19. The molecular formula is C13H18N2S2. The molecule has 1 aromatic heterocycles. The molecule has 4 heteroatoms. The normalized spacial score (nSPS) is 11.3. The van der Waals surface area contributed by atoms with Crippen LogP contribution in [0.1, 0.15) is 27.2 Å². The summed E-state index contributed by atoms with van der Waals surface area (Å²) in [5.41, 5.74) is 1.10. The Morgan fingerprint density at radius 2 is 2.24 bits per heavy atom. The molecule has 0 saturated carbocycles. The molecule has 0 bridgehead atoms. The average Bonchev–Trinajstić information content (AvgIpc) is 2.67. The van der Waals surface area contributed by atoms with E-state index in [0.717, 1.165) is 23.6 Å². The van der Waals surface area contributed by atoms with Crippen molar-refractivity contribution in [2.24, 2.45) is 0 Å². The van der Waals surface area contributed by atoms with Crippen LogP contribution in [0.2, 0.25) is 0 Å². The molecule has 0 aliphatic heterocycles. The zero-order valence-electron chi connectivity index (χ0n) is 10.5. The molecule has 2 nitrogen and oxygen atoms in total. The van der Waals surface area contributed by atoms with Crippen LogP contribution in [0, 0.1) is 0 Å². The minimum Gasteiger partial charge on any atom is -0.361 e. The smallest absolute Gasteiger partial charge is 0.183 e. The van der Waals surface area contributed by atoms with E-state index < -0.39 is 0 Å². The van der Waals surface area contributed by atoms with Gasteiger partial charge >= 0.3 is 0 Å². The van der Waals surface area contributed by atoms with Crippen LogP contribution in [0.15, 0.2) is 23.1 Å². The number of rotatable bonds is 5. The Labute approximate surface area is 111 Å². The topological polar surface area (TPSA) is 24.9 Å². The third kappa shape index (κ3) is 3.36. The standard InChI is InChI=1S/C13H18N2S2/c1-4-7-14-13-15-11-6-5-10(16-9(2)3)8-12(11)17-13/h5-6,8-9H,4,7H2,1-3H3,(H,14,15). The maximum absolute atomic E-state index is 4.57. The molecule has 2 rings (SSSR count). The van der Waals surface area contributed by atoms with Gasteiger partial charge in [0.25, 0.3) is 0 Å². The van der Waals surface area contributed by atoms with Crippen LogP contribution in [0.4, 0.5) is 5.13 Å². The fourth-order valence-corrected chi connectivity index (χ4v) is 3.44. The zero-order valence-corrected chi connectivity index (χ0v) is 12.1. The lowest BCUT2D eigenvalue weighted by Crippen LogP contribution is -1.98. The van der Waals surface area contributed by atoms with Crippen LogP contribution >= 0.6 is 23.1 Å². The summed E-state index contributed by atoms with van der Waals surface area (Å²) < 4.78 is 1.27. The number of hydrogen-bond acceptors (Lipinski definition) is 4. The van der Waals surface area contributed by atoms with E-state index in [1.807, 2.05) is 11.8 Å². The van der Waals surface area contributed by atoms with Gasteiger partial charge < -0.3 is 5.32 Å². The Bertz CT molecular complexity index is 491. The molecule has 17 heavy (non-hydrogen) atoms. The second kappa shape index (κ2) is 5.74. The molecule has 0 aliphatic rings. The maximum Gasteiger partial charge on any atom is 0.183 e. The molecule has 2 aromatic rings. The lowest BCUT2D eigenvalue weighted by Gasteiger charge is -2.03. The molecule has 0 aliphatic carbocycles. The van der Waals surface area contributed by atoms with Crippen molar-refractivity contribution in [1.29, 1.82) is 0 Å². The lowest BCUT2D eigenvalue weighted by molar-refractivity contribution is 0.977. The molecule has 1 aromatic carbocycles. The maximum atomic E-state index is 4.57. The summed E-state index contributed by atoms with van der Waals surface area (Å²) in [6.07, 6.45) is 1.13. The highest BCUT2D eigenvalue weighted by Gasteiger charge is 2.05. The number of hydrogen-bond donors (Lipinski definition) is 1. The van der Waals surface area contributed by atoms with E-state index in [0.29, 0.717) is 5.25 Å². The van der Waals surface area contributed by atoms with Crippen LogP contribution in [0.5, 0.6) is 0 Å². The van der Waals surface area contributed by atoms with Gasteiger partial charge in [0.05, 0.1) is 10.2 Å². The van der Waals surface area contributed by atoms with Crippen LogP contribution in [-0.4, -0.2) is 16.8 Å². The third-order valence-corrected chi connectivity index (χ3v) is 4.23. The summed E-state index contributed by atoms with van der Waals surface area (Å²) in [5, 5.41) is 5.00. The summed E-state index contributed by atoms with van der Waals surface area (Å²) in [5.74, 6) is 0. The van der Waals surface area contributed by atoms with Crippen LogP contribution in [0.3, 0.4) is 0 Å². The first kappa shape index (κ1) is 12.7. The van der Waals surface area contributed by atoms with Gasteiger partial charge in [0.15, 0.2) is 5.13 Å². The van der Waals surface area contributed by atoms with Crippen LogP contribution < -0.4 is 5.32 Å². The molecule has 1 heterocycles. The van der Waals surface area contributed by atoms with Gasteiger partial charge in [-0.05, 0) is 24.6 Å². The molecule has 1 N–H and O–H groups in total. The molecule has 0 fully saturated rings. The highest BCUT2D eigenvalue weighted by Crippen LogP contribution is 2.31. The first-order valence-electron chi connectivity index (χ1n) is 6.00. The predicted molar refractivity (Wildman–Crippen MR) is 79.4 cm³/mol. The summed E-state index contributed by atoms with van der Waals surface area (Å²) >= 11 is 3.64. The molecule has 0 unspecified atom stereocenters. The largest absolute Gasteiger partial charge is 0.361 e. The van der Waals surface area contributed by atoms with Crippen molar-refractivity contribution in [1.82, 2.24) is 4.98 Å². The number of nitrogens with zero attached hydrogens (tertiary/aromatic N) is 1. The van der Waals surface area contributed by atoms with E-state index in [1.165, 1.54) is 9.60 Å². The minimum atomic E-state index is 0.623.